The van der Waals surface area contributed by atoms with Crippen LogP contribution < -0.4 is 5.32 Å². The van der Waals surface area contributed by atoms with Crippen molar-refractivity contribution < 1.29 is 4.79 Å². The fraction of sp³-hybridized carbons (Fsp3) is 0.474. The normalized spacial score (nSPS) is 19.6. The first-order valence-electron chi connectivity index (χ1n) is 8.49. The van der Waals surface area contributed by atoms with E-state index < -0.39 is 5.54 Å². The lowest BCUT2D eigenvalue weighted by atomic mass is 9.87. The smallest absolute Gasteiger partial charge is 0.245 e. The van der Waals surface area contributed by atoms with Gasteiger partial charge in [0.15, 0.2) is 0 Å². The predicted octanol–water partition coefficient (Wildman–Crippen LogP) is 2.39. The monoisotopic (exact) mass is 326 g/mol. The van der Waals surface area contributed by atoms with Gasteiger partial charge in [-0.2, -0.15) is 5.10 Å². The molecule has 1 aromatic heterocycles. The Hall–Kier alpha value is -2.14. The molecule has 0 unspecified atom stereocenters. The Morgan fingerprint density at radius 2 is 2.04 bits per heavy atom. The Morgan fingerprint density at radius 3 is 2.71 bits per heavy atom. The van der Waals surface area contributed by atoms with E-state index in [1.807, 2.05) is 74.2 Å². The molecule has 1 amide bonds. The molecule has 5 heteroatoms. The minimum Gasteiger partial charge on any atom is -0.347 e. The van der Waals surface area contributed by atoms with Crippen LogP contribution in [0.2, 0.25) is 0 Å². The van der Waals surface area contributed by atoms with Crippen molar-refractivity contribution in [3.63, 3.8) is 0 Å². The summed E-state index contributed by atoms with van der Waals surface area (Å²) in [5.41, 5.74) is 2.68. The molecule has 2 aromatic rings. The molecule has 1 N–H and O–H groups in total. The SMILES string of the molecule is CN(C)[C@@](C)(C(=O)N[C@@H]1CCCc2c1cnn2C)c1ccccc1. The van der Waals surface area contributed by atoms with E-state index in [1.54, 1.807) is 0 Å². The van der Waals surface area contributed by atoms with Crippen LogP contribution in [-0.4, -0.2) is 34.7 Å². The van der Waals surface area contributed by atoms with Gasteiger partial charge in [-0.1, -0.05) is 30.3 Å². The Kier molecular flexibility index (Phi) is 4.45. The van der Waals surface area contributed by atoms with Crippen LogP contribution in [-0.2, 0) is 23.8 Å². The van der Waals surface area contributed by atoms with Gasteiger partial charge in [0.2, 0.25) is 5.91 Å². The molecule has 1 heterocycles. The van der Waals surface area contributed by atoms with Crippen LogP contribution in [0.5, 0.6) is 0 Å². The highest BCUT2D eigenvalue weighted by Gasteiger charge is 2.39. The van der Waals surface area contributed by atoms with Gasteiger partial charge in [-0.25, -0.2) is 0 Å². The van der Waals surface area contributed by atoms with E-state index in [1.165, 1.54) is 5.69 Å². The van der Waals surface area contributed by atoms with Gasteiger partial charge in [0, 0.05) is 18.3 Å². The number of carbonyl (C=O) groups excluding carboxylic acids is 1. The second-order valence-corrected chi connectivity index (χ2v) is 6.92. The summed E-state index contributed by atoms with van der Waals surface area (Å²) < 4.78 is 1.93. The summed E-state index contributed by atoms with van der Waals surface area (Å²) in [6.45, 7) is 1.98. The Bertz CT molecular complexity index is 722. The molecule has 0 bridgehead atoms. The van der Waals surface area contributed by atoms with Gasteiger partial charge in [-0.05, 0) is 45.8 Å². The lowest BCUT2D eigenvalue weighted by molar-refractivity contribution is -0.132. The molecule has 1 aliphatic carbocycles. The fourth-order valence-corrected chi connectivity index (χ4v) is 3.51. The number of benzene rings is 1. The van der Waals surface area contributed by atoms with E-state index in [4.69, 9.17) is 0 Å². The third kappa shape index (κ3) is 2.73. The molecular formula is C19H26N4O. The number of aromatic nitrogens is 2. The maximum Gasteiger partial charge on any atom is 0.245 e. The van der Waals surface area contributed by atoms with Crippen molar-refractivity contribution >= 4 is 5.91 Å². The number of hydrogen-bond acceptors (Lipinski definition) is 3. The van der Waals surface area contributed by atoms with Gasteiger partial charge in [0.25, 0.3) is 0 Å². The van der Waals surface area contributed by atoms with Crippen LogP contribution in [0.1, 0.15) is 42.6 Å². The highest BCUT2D eigenvalue weighted by Crippen LogP contribution is 2.32. The first-order valence-corrected chi connectivity index (χ1v) is 8.49. The molecule has 5 nitrogen and oxygen atoms in total. The summed E-state index contributed by atoms with van der Waals surface area (Å²) in [4.78, 5) is 15.2. The summed E-state index contributed by atoms with van der Waals surface area (Å²) in [5.74, 6) is 0.0282. The van der Waals surface area contributed by atoms with E-state index in [-0.39, 0.29) is 11.9 Å². The maximum absolute atomic E-state index is 13.2. The van der Waals surface area contributed by atoms with Gasteiger partial charge in [0.1, 0.15) is 5.54 Å². The summed E-state index contributed by atoms with van der Waals surface area (Å²) in [7, 11) is 5.86. The zero-order valence-corrected chi connectivity index (χ0v) is 14.9. The lowest BCUT2D eigenvalue weighted by Gasteiger charge is -2.37. The molecule has 1 aliphatic rings. The Labute approximate surface area is 143 Å². The molecule has 2 atom stereocenters. The fourth-order valence-electron chi connectivity index (χ4n) is 3.51. The first kappa shape index (κ1) is 16.7. The molecule has 0 spiro atoms. The highest BCUT2D eigenvalue weighted by atomic mass is 16.2. The number of nitrogens with one attached hydrogen (secondary N) is 1. The number of fused-ring (bicyclic) bond motifs is 1. The minimum absolute atomic E-state index is 0.0282. The summed E-state index contributed by atoms with van der Waals surface area (Å²) >= 11 is 0. The second-order valence-electron chi connectivity index (χ2n) is 6.92. The van der Waals surface area contributed by atoms with E-state index >= 15 is 0 Å². The Balaban J connectivity index is 1.88. The largest absolute Gasteiger partial charge is 0.347 e. The maximum atomic E-state index is 13.2. The number of likely N-dealkylation sites (N-methyl/N-ethyl adjacent to an activating group) is 1. The third-order valence-corrected chi connectivity index (χ3v) is 5.35. The molecule has 128 valence electrons. The van der Waals surface area contributed by atoms with Gasteiger partial charge in [-0.3, -0.25) is 14.4 Å². The quantitative estimate of drug-likeness (QED) is 0.938. The Morgan fingerprint density at radius 1 is 1.33 bits per heavy atom. The predicted molar refractivity (Wildman–Crippen MR) is 94.5 cm³/mol. The van der Waals surface area contributed by atoms with Crippen LogP contribution in [0.25, 0.3) is 0 Å². The molecular weight excluding hydrogens is 300 g/mol. The second kappa shape index (κ2) is 6.40. The zero-order chi connectivity index (χ0) is 17.3. The average Bonchev–Trinajstić information content (AvgIpc) is 2.97. The number of rotatable bonds is 4. The van der Waals surface area contributed by atoms with E-state index in [0.717, 1.165) is 30.4 Å². The topological polar surface area (TPSA) is 50.2 Å². The highest BCUT2D eigenvalue weighted by molar-refractivity contribution is 5.87. The van der Waals surface area contributed by atoms with E-state index in [2.05, 4.69) is 10.4 Å². The van der Waals surface area contributed by atoms with Gasteiger partial charge in [-0.15, -0.1) is 0 Å². The summed E-state index contributed by atoms with van der Waals surface area (Å²) in [6, 6.07) is 9.99. The standard InChI is InChI=1S/C19H26N4O/c1-19(22(2)3,14-9-6-5-7-10-14)18(24)21-16-11-8-12-17-15(16)13-20-23(17)4/h5-7,9-10,13,16H,8,11-12H2,1-4H3,(H,21,24)/t16-,19-/m1/s1. The summed E-state index contributed by atoms with van der Waals surface area (Å²) in [5, 5.41) is 7.64. The number of nitrogens with zero attached hydrogens (tertiary/aromatic N) is 3. The molecule has 0 aliphatic heterocycles. The van der Waals surface area contributed by atoms with Crippen molar-refractivity contribution in [2.75, 3.05) is 14.1 Å². The molecule has 0 saturated heterocycles. The molecule has 0 radical (unpaired) electrons. The molecule has 0 fully saturated rings. The van der Waals surface area contributed by atoms with Gasteiger partial charge in [0.05, 0.1) is 12.2 Å². The van der Waals surface area contributed by atoms with Crippen molar-refractivity contribution in [3.05, 3.63) is 53.3 Å². The van der Waals surface area contributed by atoms with Crippen molar-refractivity contribution in [2.24, 2.45) is 7.05 Å². The van der Waals surface area contributed by atoms with Gasteiger partial charge < -0.3 is 5.32 Å². The van der Waals surface area contributed by atoms with Gasteiger partial charge >= 0.3 is 0 Å². The summed E-state index contributed by atoms with van der Waals surface area (Å²) in [6.07, 6.45) is 4.96. The van der Waals surface area contributed by atoms with Crippen LogP contribution in [0.4, 0.5) is 0 Å². The molecule has 1 aromatic carbocycles. The molecule has 24 heavy (non-hydrogen) atoms. The number of hydrogen-bond donors (Lipinski definition) is 1. The number of carbonyl (C=O) groups is 1. The van der Waals surface area contributed by atoms with Crippen molar-refractivity contribution in [3.8, 4) is 0 Å². The van der Waals surface area contributed by atoms with Crippen molar-refractivity contribution in [2.45, 2.75) is 37.8 Å². The van der Waals surface area contributed by atoms with Crippen molar-refractivity contribution in [1.82, 2.24) is 20.0 Å². The zero-order valence-electron chi connectivity index (χ0n) is 14.9. The first-order chi connectivity index (χ1) is 11.4. The van der Waals surface area contributed by atoms with Crippen molar-refractivity contribution in [1.29, 1.82) is 0 Å². The number of amides is 1. The van der Waals surface area contributed by atoms with E-state index in [9.17, 15) is 4.79 Å². The average molecular weight is 326 g/mol. The minimum atomic E-state index is -0.707. The third-order valence-electron chi connectivity index (χ3n) is 5.35. The van der Waals surface area contributed by atoms with Crippen LogP contribution in [0.3, 0.4) is 0 Å². The lowest BCUT2D eigenvalue weighted by Crippen LogP contribution is -2.52. The van der Waals surface area contributed by atoms with Crippen LogP contribution in [0, 0.1) is 0 Å². The molecule has 3 rings (SSSR count). The molecule has 0 saturated carbocycles. The number of aryl methyl sites for hydroxylation is 1. The van der Waals surface area contributed by atoms with Crippen LogP contribution >= 0.6 is 0 Å². The van der Waals surface area contributed by atoms with Crippen LogP contribution in [0.15, 0.2) is 36.5 Å². The van der Waals surface area contributed by atoms with E-state index in [0.29, 0.717) is 0 Å².